The molecule has 1 aromatic carbocycles. The number of carbonyl (C=O) groups is 2. The van der Waals surface area contributed by atoms with Crippen molar-refractivity contribution in [2.24, 2.45) is 23.7 Å². The van der Waals surface area contributed by atoms with Gasteiger partial charge in [0.1, 0.15) is 11.5 Å². The number of phenols is 1. The molecular weight excluding hydrogens is 356 g/mol. The lowest BCUT2D eigenvalue weighted by Gasteiger charge is -2.51. The molecule has 0 atom stereocenters. The van der Waals surface area contributed by atoms with Gasteiger partial charge in [-0.25, -0.2) is 4.79 Å². The molecule has 4 fully saturated rings. The fourth-order valence-electron chi connectivity index (χ4n) is 5.72. The summed E-state index contributed by atoms with van der Waals surface area (Å²) in [6, 6.07) is 3.17. The van der Waals surface area contributed by atoms with Crippen molar-refractivity contribution in [3.8, 4) is 5.75 Å². The zero-order chi connectivity index (χ0) is 19.8. The maximum atomic E-state index is 11.8. The molecule has 148 valence electrons. The SMILES string of the molecule is COC(=O)/C=C/c1cc(C=O)c(C(OC)=C2C3CC4CC(C3)CC2C4)cc1O. The van der Waals surface area contributed by atoms with Gasteiger partial charge in [-0.1, -0.05) is 0 Å². The van der Waals surface area contributed by atoms with Crippen molar-refractivity contribution in [3.63, 3.8) is 0 Å². The van der Waals surface area contributed by atoms with Crippen molar-refractivity contribution in [1.82, 2.24) is 0 Å². The number of methoxy groups -OCH3 is 2. The largest absolute Gasteiger partial charge is 0.507 e. The van der Waals surface area contributed by atoms with Crippen LogP contribution in [0.2, 0.25) is 0 Å². The number of rotatable bonds is 5. The van der Waals surface area contributed by atoms with Crippen molar-refractivity contribution in [2.75, 3.05) is 14.2 Å². The van der Waals surface area contributed by atoms with Gasteiger partial charge in [-0.05, 0) is 79.6 Å². The second-order valence-corrected chi connectivity index (χ2v) is 8.27. The second-order valence-electron chi connectivity index (χ2n) is 8.27. The van der Waals surface area contributed by atoms with Crippen LogP contribution in [0.3, 0.4) is 0 Å². The normalized spacial score (nSPS) is 27.9. The summed E-state index contributed by atoms with van der Waals surface area (Å²) in [5.41, 5.74) is 2.80. The summed E-state index contributed by atoms with van der Waals surface area (Å²) in [4.78, 5) is 23.2. The van der Waals surface area contributed by atoms with E-state index in [1.165, 1.54) is 56.9 Å². The van der Waals surface area contributed by atoms with Crippen molar-refractivity contribution >= 4 is 24.1 Å². The van der Waals surface area contributed by atoms with Crippen molar-refractivity contribution in [2.45, 2.75) is 32.1 Å². The Morgan fingerprint density at radius 2 is 1.64 bits per heavy atom. The van der Waals surface area contributed by atoms with Gasteiger partial charge in [0, 0.05) is 22.8 Å². The highest BCUT2D eigenvalue weighted by Crippen LogP contribution is 2.58. The first kappa shape index (κ1) is 18.8. The molecule has 28 heavy (non-hydrogen) atoms. The Hall–Kier alpha value is -2.56. The number of aromatic hydroxyl groups is 1. The summed E-state index contributed by atoms with van der Waals surface area (Å²) in [5, 5.41) is 10.5. The van der Waals surface area contributed by atoms with E-state index in [-0.39, 0.29) is 5.75 Å². The van der Waals surface area contributed by atoms with Gasteiger partial charge in [-0.3, -0.25) is 4.79 Å². The smallest absolute Gasteiger partial charge is 0.330 e. The number of hydrogen-bond acceptors (Lipinski definition) is 5. The van der Waals surface area contributed by atoms with Crippen LogP contribution in [0.1, 0.15) is 53.6 Å². The molecule has 5 heteroatoms. The third kappa shape index (κ3) is 3.23. The van der Waals surface area contributed by atoms with Gasteiger partial charge in [0.15, 0.2) is 6.29 Å². The van der Waals surface area contributed by atoms with Crippen LogP contribution in [-0.4, -0.2) is 31.6 Å². The lowest BCUT2D eigenvalue weighted by Crippen LogP contribution is -2.41. The van der Waals surface area contributed by atoms with Crippen LogP contribution in [-0.2, 0) is 14.3 Å². The summed E-state index contributed by atoms with van der Waals surface area (Å²) in [6.45, 7) is 0. The van der Waals surface area contributed by atoms with Gasteiger partial charge in [-0.15, -0.1) is 0 Å². The van der Waals surface area contributed by atoms with E-state index in [4.69, 9.17) is 4.74 Å². The highest BCUT2D eigenvalue weighted by molar-refractivity contribution is 5.90. The number of carbonyl (C=O) groups excluding carboxylic acids is 2. The van der Waals surface area contributed by atoms with Gasteiger partial charge in [0.25, 0.3) is 0 Å². The molecule has 5 nitrogen and oxygen atoms in total. The maximum absolute atomic E-state index is 11.8. The minimum absolute atomic E-state index is 0.000260. The molecule has 5 rings (SSSR count). The minimum Gasteiger partial charge on any atom is -0.507 e. The summed E-state index contributed by atoms with van der Waals surface area (Å²) in [5.74, 6) is 2.92. The third-order valence-electron chi connectivity index (χ3n) is 6.65. The average Bonchev–Trinajstić information content (AvgIpc) is 2.68. The van der Waals surface area contributed by atoms with Crippen LogP contribution in [0.4, 0.5) is 0 Å². The molecule has 0 aliphatic heterocycles. The molecule has 4 aliphatic carbocycles. The van der Waals surface area contributed by atoms with E-state index >= 15 is 0 Å². The molecule has 1 aromatic rings. The topological polar surface area (TPSA) is 72.8 Å². The van der Waals surface area contributed by atoms with Gasteiger partial charge >= 0.3 is 5.97 Å². The molecule has 4 aliphatic rings. The van der Waals surface area contributed by atoms with Crippen LogP contribution in [0.15, 0.2) is 23.8 Å². The fraction of sp³-hybridized carbons (Fsp3) is 0.478. The van der Waals surface area contributed by atoms with Crippen LogP contribution in [0.25, 0.3) is 11.8 Å². The fourth-order valence-corrected chi connectivity index (χ4v) is 5.72. The van der Waals surface area contributed by atoms with Crippen molar-refractivity contribution in [3.05, 3.63) is 40.5 Å². The molecule has 0 spiro atoms. The van der Waals surface area contributed by atoms with E-state index in [0.717, 1.165) is 23.9 Å². The first-order valence-corrected chi connectivity index (χ1v) is 9.90. The average molecular weight is 382 g/mol. The monoisotopic (exact) mass is 382 g/mol. The molecule has 0 unspecified atom stereocenters. The van der Waals surface area contributed by atoms with E-state index in [1.807, 2.05) is 0 Å². The predicted octanol–water partition coefficient (Wildman–Crippen LogP) is 4.20. The molecule has 1 N–H and O–H groups in total. The van der Waals surface area contributed by atoms with Crippen molar-refractivity contribution in [1.29, 1.82) is 0 Å². The molecule has 0 aromatic heterocycles. The molecule has 0 radical (unpaired) electrons. The molecule has 0 saturated heterocycles. The van der Waals surface area contributed by atoms with Gasteiger partial charge in [0.05, 0.1) is 14.2 Å². The molecule has 0 heterocycles. The number of benzene rings is 1. The standard InChI is InChI=1S/C23H26O5/c1-27-21(26)4-3-15-10-18(12-24)19(11-20(15)25)23(28-2)22-16-6-13-5-14(8-16)9-17(22)7-13/h3-4,10-14,16-17,25H,5-9H2,1-2H3/b4-3+,23-22?. The number of hydrogen-bond donors (Lipinski definition) is 1. The quantitative estimate of drug-likeness (QED) is 0.357. The number of phenolic OH excluding ortho intramolecular Hbond substituents is 1. The van der Waals surface area contributed by atoms with Gasteiger partial charge in [-0.2, -0.15) is 0 Å². The second kappa shape index (κ2) is 7.46. The maximum Gasteiger partial charge on any atom is 0.330 e. The van der Waals surface area contributed by atoms with Crippen LogP contribution in [0, 0.1) is 23.7 Å². The highest BCUT2D eigenvalue weighted by Gasteiger charge is 2.46. The Bertz CT molecular complexity index is 834. The summed E-state index contributed by atoms with van der Waals surface area (Å²) in [7, 11) is 2.93. The molecule has 4 saturated carbocycles. The molecule has 4 bridgehead atoms. The zero-order valence-electron chi connectivity index (χ0n) is 16.3. The van der Waals surface area contributed by atoms with Crippen LogP contribution < -0.4 is 0 Å². The predicted molar refractivity (Wildman–Crippen MR) is 106 cm³/mol. The number of aldehydes is 1. The Labute approximate surface area is 165 Å². The zero-order valence-corrected chi connectivity index (χ0v) is 16.3. The summed E-state index contributed by atoms with van der Waals surface area (Å²) < 4.78 is 10.4. The Morgan fingerprint density at radius 1 is 1.00 bits per heavy atom. The summed E-state index contributed by atoms with van der Waals surface area (Å²) in [6.07, 6.45) is 9.63. The van der Waals surface area contributed by atoms with E-state index < -0.39 is 5.97 Å². The number of esters is 1. The van der Waals surface area contributed by atoms with Crippen molar-refractivity contribution < 1.29 is 24.2 Å². The van der Waals surface area contributed by atoms with E-state index in [1.54, 1.807) is 19.2 Å². The molecular formula is C23H26O5. The third-order valence-corrected chi connectivity index (χ3v) is 6.65. The molecule has 0 amide bonds. The first-order valence-electron chi connectivity index (χ1n) is 9.90. The van der Waals surface area contributed by atoms with E-state index in [9.17, 15) is 14.7 Å². The lowest BCUT2D eigenvalue weighted by atomic mass is 9.54. The Morgan fingerprint density at radius 3 is 2.18 bits per heavy atom. The van der Waals surface area contributed by atoms with Gasteiger partial charge in [0.2, 0.25) is 0 Å². The summed E-state index contributed by atoms with van der Waals surface area (Å²) >= 11 is 0. The van der Waals surface area contributed by atoms with E-state index in [0.29, 0.717) is 28.5 Å². The van der Waals surface area contributed by atoms with E-state index in [2.05, 4.69) is 4.74 Å². The highest BCUT2D eigenvalue weighted by atomic mass is 16.5. The van der Waals surface area contributed by atoms with Crippen LogP contribution in [0.5, 0.6) is 5.75 Å². The minimum atomic E-state index is -0.524. The lowest BCUT2D eigenvalue weighted by molar-refractivity contribution is -0.134. The Kier molecular flexibility index (Phi) is 5.00. The van der Waals surface area contributed by atoms with Crippen LogP contribution >= 0.6 is 0 Å². The Balaban J connectivity index is 1.77. The number of ether oxygens (including phenoxy) is 2. The van der Waals surface area contributed by atoms with Gasteiger partial charge < -0.3 is 14.6 Å². The number of allylic oxidation sites excluding steroid dienone is 1. The first-order chi connectivity index (χ1) is 13.5.